The summed E-state index contributed by atoms with van der Waals surface area (Å²) in [4.78, 5) is 24.0. The van der Waals surface area contributed by atoms with Crippen LogP contribution in [-0.2, 0) is 11.0 Å². The van der Waals surface area contributed by atoms with E-state index < -0.39 is 17.6 Å². The summed E-state index contributed by atoms with van der Waals surface area (Å²) in [5, 5.41) is -0.372. The highest BCUT2D eigenvalue weighted by Gasteiger charge is 2.32. The van der Waals surface area contributed by atoms with Crippen molar-refractivity contribution in [3.05, 3.63) is 41.5 Å². The van der Waals surface area contributed by atoms with Crippen LogP contribution in [0.5, 0.6) is 0 Å². The molecule has 0 aliphatic carbocycles. The lowest BCUT2D eigenvalue weighted by Crippen LogP contribution is -2.28. The minimum absolute atomic E-state index is 0.104. The third kappa shape index (κ3) is 3.22. The Morgan fingerprint density at radius 3 is 2.60 bits per heavy atom. The lowest BCUT2D eigenvalue weighted by molar-refractivity contribution is -0.137. The van der Waals surface area contributed by atoms with Crippen LogP contribution in [0.2, 0.25) is 0 Å². The summed E-state index contributed by atoms with van der Waals surface area (Å²) < 4.78 is 38.2. The van der Waals surface area contributed by atoms with Gasteiger partial charge in [-0.3, -0.25) is 14.5 Å². The third-order valence-corrected chi connectivity index (χ3v) is 3.55. The van der Waals surface area contributed by atoms with E-state index in [9.17, 15) is 22.8 Å². The van der Waals surface area contributed by atoms with E-state index in [0.717, 1.165) is 34.9 Å². The van der Waals surface area contributed by atoms with Crippen LogP contribution >= 0.6 is 11.8 Å². The first kappa shape index (κ1) is 14.6. The summed E-state index contributed by atoms with van der Waals surface area (Å²) in [6.07, 6.45) is -2.40. The Bertz CT molecular complexity index is 569. The summed E-state index contributed by atoms with van der Waals surface area (Å²) in [7, 11) is 0. The van der Waals surface area contributed by atoms with Crippen molar-refractivity contribution in [2.24, 2.45) is 0 Å². The summed E-state index contributed by atoms with van der Waals surface area (Å²) in [5.74, 6) is -0.0886. The molecule has 1 aliphatic rings. The minimum atomic E-state index is -4.48. The molecule has 0 saturated carbocycles. The number of imide groups is 1. The standard InChI is InChI=1S/C13H10F3NO2S/c14-13(15,16)10-4-2-1-3-9(10)5-6-11(18)17-7-8-20-12(17)19/h1-6H,7-8H2. The average Bonchev–Trinajstić information content (AvgIpc) is 2.81. The van der Waals surface area contributed by atoms with E-state index in [2.05, 4.69) is 0 Å². The molecular weight excluding hydrogens is 291 g/mol. The van der Waals surface area contributed by atoms with Crippen LogP contribution in [0.25, 0.3) is 6.08 Å². The topological polar surface area (TPSA) is 37.4 Å². The number of rotatable bonds is 2. The molecule has 0 radical (unpaired) electrons. The van der Waals surface area contributed by atoms with E-state index in [1.165, 1.54) is 18.2 Å². The highest BCUT2D eigenvalue weighted by atomic mass is 32.2. The van der Waals surface area contributed by atoms with Crippen molar-refractivity contribution >= 4 is 29.0 Å². The first-order valence-electron chi connectivity index (χ1n) is 5.72. The average molecular weight is 301 g/mol. The molecular formula is C13H10F3NO2S. The zero-order valence-electron chi connectivity index (χ0n) is 10.2. The van der Waals surface area contributed by atoms with Gasteiger partial charge in [-0.05, 0) is 17.7 Å². The van der Waals surface area contributed by atoms with Gasteiger partial charge in [0.05, 0.1) is 5.56 Å². The Morgan fingerprint density at radius 1 is 1.30 bits per heavy atom. The second-order valence-corrected chi connectivity index (χ2v) is 5.07. The molecule has 3 nitrogen and oxygen atoms in total. The van der Waals surface area contributed by atoms with Gasteiger partial charge >= 0.3 is 6.18 Å². The van der Waals surface area contributed by atoms with Crippen molar-refractivity contribution in [2.75, 3.05) is 12.3 Å². The molecule has 2 amide bonds. The molecule has 0 unspecified atom stereocenters. The van der Waals surface area contributed by atoms with Crippen molar-refractivity contribution < 1.29 is 22.8 Å². The van der Waals surface area contributed by atoms with E-state index in [4.69, 9.17) is 0 Å². The second-order valence-electron chi connectivity index (χ2n) is 4.02. The van der Waals surface area contributed by atoms with Crippen LogP contribution in [0, 0.1) is 0 Å². The quantitative estimate of drug-likeness (QED) is 0.786. The van der Waals surface area contributed by atoms with Gasteiger partial charge in [0.15, 0.2) is 0 Å². The van der Waals surface area contributed by atoms with E-state index in [1.807, 2.05) is 0 Å². The smallest absolute Gasteiger partial charge is 0.269 e. The molecule has 2 rings (SSSR count). The second kappa shape index (κ2) is 5.70. The first-order chi connectivity index (χ1) is 9.39. The summed E-state index contributed by atoms with van der Waals surface area (Å²) in [5.41, 5.74) is -0.918. The van der Waals surface area contributed by atoms with Crippen LogP contribution in [0.15, 0.2) is 30.3 Å². The number of alkyl halides is 3. The van der Waals surface area contributed by atoms with Crippen LogP contribution in [0.3, 0.4) is 0 Å². The molecule has 0 aromatic heterocycles. The van der Waals surface area contributed by atoms with Crippen molar-refractivity contribution in [1.29, 1.82) is 0 Å². The Kier molecular flexibility index (Phi) is 4.17. The van der Waals surface area contributed by atoms with E-state index >= 15 is 0 Å². The zero-order chi connectivity index (χ0) is 14.8. The zero-order valence-corrected chi connectivity index (χ0v) is 11.0. The van der Waals surface area contributed by atoms with Gasteiger partial charge in [-0.15, -0.1) is 0 Å². The van der Waals surface area contributed by atoms with Crippen LogP contribution in [0.1, 0.15) is 11.1 Å². The molecule has 7 heteroatoms. The van der Waals surface area contributed by atoms with Crippen molar-refractivity contribution in [3.63, 3.8) is 0 Å². The van der Waals surface area contributed by atoms with Crippen molar-refractivity contribution in [2.45, 2.75) is 6.18 Å². The number of amides is 2. The molecule has 1 saturated heterocycles. The normalized spacial score (nSPS) is 16.1. The SMILES string of the molecule is O=C(C=Cc1ccccc1C(F)(F)F)N1CCSC1=O. The van der Waals surface area contributed by atoms with E-state index in [1.54, 1.807) is 0 Å². The molecule has 106 valence electrons. The maximum Gasteiger partial charge on any atom is 0.416 e. The van der Waals surface area contributed by atoms with Gasteiger partial charge in [-0.2, -0.15) is 13.2 Å². The summed E-state index contributed by atoms with van der Waals surface area (Å²) >= 11 is 1.02. The molecule has 0 bridgehead atoms. The molecule has 0 spiro atoms. The predicted molar refractivity (Wildman–Crippen MR) is 70.0 cm³/mol. The van der Waals surface area contributed by atoms with E-state index in [0.29, 0.717) is 5.75 Å². The van der Waals surface area contributed by atoms with Gasteiger partial charge in [0.25, 0.3) is 11.1 Å². The van der Waals surface area contributed by atoms with Gasteiger partial charge < -0.3 is 0 Å². The van der Waals surface area contributed by atoms with Gasteiger partial charge in [-0.25, -0.2) is 0 Å². The number of carbonyl (C=O) groups excluding carboxylic acids is 2. The van der Waals surface area contributed by atoms with Crippen LogP contribution in [0.4, 0.5) is 18.0 Å². The lowest BCUT2D eigenvalue weighted by Gasteiger charge is -2.11. The van der Waals surface area contributed by atoms with Gasteiger partial charge in [-0.1, -0.05) is 30.0 Å². The maximum absolute atomic E-state index is 12.7. The highest BCUT2D eigenvalue weighted by Crippen LogP contribution is 2.32. The largest absolute Gasteiger partial charge is 0.416 e. The Balaban J connectivity index is 2.20. The molecule has 1 fully saturated rings. The monoisotopic (exact) mass is 301 g/mol. The number of hydrogen-bond acceptors (Lipinski definition) is 3. The molecule has 20 heavy (non-hydrogen) atoms. The predicted octanol–water partition coefficient (Wildman–Crippen LogP) is 3.41. The summed E-state index contributed by atoms with van der Waals surface area (Å²) in [6, 6.07) is 4.95. The third-order valence-electron chi connectivity index (χ3n) is 2.70. The number of benzene rings is 1. The molecule has 1 aromatic rings. The van der Waals surface area contributed by atoms with E-state index in [-0.39, 0.29) is 17.3 Å². The number of halogens is 3. The van der Waals surface area contributed by atoms with Crippen LogP contribution < -0.4 is 0 Å². The molecule has 0 N–H and O–H groups in total. The Labute approximate surface area is 117 Å². The minimum Gasteiger partial charge on any atom is -0.269 e. The number of hydrogen-bond donors (Lipinski definition) is 0. The van der Waals surface area contributed by atoms with Gasteiger partial charge in [0.2, 0.25) is 0 Å². The number of carbonyl (C=O) groups is 2. The van der Waals surface area contributed by atoms with Crippen LogP contribution in [-0.4, -0.2) is 28.3 Å². The fraction of sp³-hybridized carbons (Fsp3) is 0.231. The fourth-order valence-electron chi connectivity index (χ4n) is 1.75. The molecule has 1 heterocycles. The number of nitrogens with zero attached hydrogens (tertiary/aromatic N) is 1. The fourth-order valence-corrected chi connectivity index (χ4v) is 2.53. The van der Waals surface area contributed by atoms with Gasteiger partial charge in [0.1, 0.15) is 0 Å². The Hall–Kier alpha value is -1.76. The summed E-state index contributed by atoms with van der Waals surface area (Å²) in [6.45, 7) is 0.285. The van der Waals surface area contributed by atoms with Gasteiger partial charge in [0, 0.05) is 18.4 Å². The van der Waals surface area contributed by atoms with Crippen molar-refractivity contribution in [3.8, 4) is 0 Å². The molecule has 0 atom stereocenters. The maximum atomic E-state index is 12.7. The molecule has 1 aliphatic heterocycles. The molecule has 1 aromatic carbocycles. The highest BCUT2D eigenvalue weighted by molar-refractivity contribution is 8.13. The number of thioether (sulfide) groups is 1. The van der Waals surface area contributed by atoms with Crippen molar-refractivity contribution in [1.82, 2.24) is 4.90 Å². The Morgan fingerprint density at radius 2 is 2.00 bits per heavy atom. The first-order valence-corrected chi connectivity index (χ1v) is 6.71. The lowest BCUT2D eigenvalue weighted by atomic mass is 10.1.